The van der Waals surface area contributed by atoms with E-state index in [0.29, 0.717) is 12.2 Å². The molecule has 2 rings (SSSR count). The Hall–Kier alpha value is -1.60. The van der Waals surface area contributed by atoms with Gasteiger partial charge in [-0.25, -0.2) is 13.2 Å². The fourth-order valence-corrected chi connectivity index (χ4v) is 4.55. The molecule has 1 saturated heterocycles. The molecule has 0 saturated carbocycles. The Bertz CT molecular complexity index is 641. The van der Waals surface area contributed by atoms with Gasteiger partial charge in [-0.05, 0) is 43.5 Å². The topological polar surface area (TPSA) is 69.7 Å². The monoisotopic (exact) mass is 339 g/mol. The predicted octanol–water partition coefficient (Wildman–Crippen LogP) is 2.73. The summed E-state index contributed by atoms with van der Waals surface area (Å²) >= 11 is 0. The molecule has 6 nitrogen and oxygen atoms in total. The van der Waals surface area contributed by atoms with Crippen LogP contribution in [-0.4, -0.2) is 50.3 Å². The normalized spacial score (nSPS) is 19.3. The van der Waals surface area contributed by atoms with E-state index in [1.165, 1.54) is 4.90 Å². The van der Waals surface area contributed by atoms with E-state index in [1.54, 1.807) is 42.7 Å². The second-order valence-electron chi connectivity index (χ2n) is 6.02. The number of rotatable bonds is 4. The van der Waals surface area contributed by atoms with Crippen LogP contribution in [-0.2, 0) is 10.0 Å². The third-order valence-corrected chi connectivity index (χ3v) is 6.13. The largest absolute Gasteiger partial charge is 0.331 e. The van der Waals surface area contributed by atoms with Gasteiger partial charge in [0.25, 0.3) is 0 Å². The number of amides is 2. The molecule has 1 aromatic rings. The number of nitrogens with one attached hydrogen (secondary N) is 1. The summed E-state index contributed by atoms with van der Waals surface area (Å²) in [5.74, 6) is 0. The lowest BCUT2D eigenvalue weighted by Gasteiger charge is -2.34. The molecular formula is C16H25N3O3S. The molecule has 7 heteroatoms. The van der Waals surface area contributed by atoms with Crippen LogP contribution in [0.2, 0.25) is 0 Å². The Kier molecular flexibility index (Phi) is 5.64. The van der Waals surface area contributed by atoms with Crippen molar-refractivity contribution in [3.05, 3.63) is 24.3 Å². The van der Waals surface area contributed by atoms with Gasteiger partial charge in [0.1, 0.15) is 0 Å². The van der Waals surface area contributed by atoms with E-state index in [2.05, 4.69) is 5.32 Å². The van der Waals surface area contributed by atoms with Crippen molar-refractivity contribution >= 4 is 21.7 Å². The number of benzene rings is 1. The van der Waals surface area contributed by atoms with Gasteiger partial charge in [-0.1, -0.05) is 13.3 Å². The number of urea groups is 1. The molecule has 0 aliphatic carbocycles. The highest BCUT2D eigenvalue weighted by Crippen LogP contribution is 2.27. The molecule has 23 heavy (non-hydrogen) atoms. The number of carbonyl (C=O) groups excluding carboxylic acids is 1. The van der Waals surface area contributed by atoms with Crippen molar-refractivity contribution in [3.8, 4) is 0 Å². The molecule has 1 fully saturated rings. The molecule has 1 N–H and O–H groups in total. The van der Waals surface area contributed by atoms with E-state index >= 15 is 0 Å². The number of nitrogens with zero attached hydrogens (tertiary/aromatic N) is 2. The smallest absolute Gasteiger partial charge is 0.321 e. The van der Waals surface area contributed by atoms with Crippen LogP contribution >= 0.6 is 0 Å². The van der Waals surface area contributed by atoms with Gasteiger partial charge in [-0.3, -0.25) is 0 Å². The lowest BCUT2D eigenvalue weighted by atomic mass is 10.0. The molecule has 128 valence electrons. The fraction of sp³-hybridized carbons (Fsp3) is 0.562. The molecule has 1 unspecified atom stereocenters. The van der Waals surface area contributed by atoms with E-state index < -0.39 is 10.0 Å². The minimum Gasteiger partial charge on any atom is -0.331 e. The molecule has 1 atom stereocenters. The lowest BCUT2D eigenvalue weighted by Crippen LogP contribution is -2.43. The molecule has 1 aromatic carbocycles. The van der Waals surface area contributed by atoms with Crippen LogP contribution in [0.5, 0.6) is 0 Å². The molecule has 0 bridgehead atoms. The first-order valence-electron chi connectivity index (χ1n) is 7.96. The fourth-order valence-electron chi connectivity index (χ4n) is 2.78. The van der Waals surface area contributed by atoms with Crippen LogP contribution in [0.1, 0.15) is 32.6 Å². The van der Waals surface area contributed by atoms with Crippen molar-refractivity contribution < 1.29 is 13.2 Å². The minimum atomic E-state index is -3.47. The van der Waals surface area contributed by atoms with Gasteiger partial charge in [-0.15, -0.1) is 0 Å². The third-order valence-electron chi connectivity index (χ3n) is 4.16. The number of sulfonamides is 1. The maximum Gasteiger partial charge on any atom is 0.321 e. The Morgan fingerprint density at radius 2 is 1.91 bits per heavy atom. The van der Waals surface area contributed by atoms with E-state index in [0.717, 1.165) is 25.7 Å². The molecule has 0 radical (unpaired) electrons. The van der Waals surface area contributed by atoms with Crippen molar-refractivity contribution in [2.75, 3.05) is 26.0 Å². The van der Waals surface area contributed by atoms with E-state index in [4.69, 9.17) is 0 Å². The van der Waals surface area contributed by atoms with Gasteiger partial charge < -0.3 is 10.2 Å². The Morgan fingerprint density at radius 1 is 1.26 bits per heavy atom. The van der Waals surface area contributed by atoms with Crippen molar-refractivity contribution in [1.82, 2.24) is 9.21 Å². The quantitative estimate of drug-likeness (QED) is 0.917. The van der Waals surface area contributed by atoms with Gasteiger partial charge in [0, 0.05) is 32.4 Å². The summed E-state index contributed by atoms with van der Waals surface area (Å²) in [6.07, 6.45) is 3.75. The van der Waals surface area contributed by atoms with Crippen molar-refractivity contribution in [2.45, 2.75) is 43.5 Å². The minimum absolute atomic E-state index is 0.0851. The number of anilines is 1. The molecule has 2 amide bonds. The van der Waals surface area contributed by atoms with Crippen molar-refractivity contribution in [2.24, 2.45) is 0 Å². The SMILES string of the molecule is CCC1CCCCN1S(=O)(=O)c1ccc(NC(=O)N(C)C)cc1. The van der Waals surface area contributed by atoms with Gasteiger partial charge in [0.2, 0.25) is 10.0 Å². The second kappa shape index (κ2) is 7.31. The number of hydrogen-bond donors (Lipinski definition) is 1. The molecule has 0 aromatic heterocycles. The first kappa shape index (κ1) is 17.7. The zero-order valence-electron chi connectivity index (χ0n) is 13.9. The first-order chi connectivity index (χ1) is 10.9. The molecule has 0 spiro atoms. The highest BCUT2D eigenvalue weighted by Gasteiger charge is 2.32. The maximum absolute atomic E-state index is 12.8. The average Bonchev–Trinajstić information content (AvgIpc) is 2.55. The Balaban J connectivity index is 2.18. The second-order valence-corrected chi connectivity index (χ2v) is 7.91. The summed E-state index contributed by atoms with van der Waals surface area (Å²) in [5.41, 5.74) is 0.577. The summed E-state index contributed by atoms with van der Waals surface area (Å²) in [6.45, 7) is 2.61. The highest BCUT2D eigenvalue weighted by atomic mass is 32.2. The van der Waals surface area contributed by atoms with Gasteiger partial charge in [-0.2, -0.15) is 4.31 Å². The summed E-state index contributed by atoms with van der Waals surface area (Å²) in [5, 5.41) is 2.70. The maximum atomic E-state index is 12.8. The van der Waals surface area contributed by atoms with Crippen molar-refractivity contribution in [3.63, 3.8) is 0 Å². The standard InChI is InChI=1S/C16H25N3O3S/c1-4-14-7-5-6-12-19(14)23(21,22)15-10-8-13(9-11-15)17-16(20)18(2)3/h8-11,14H,4-7,12H2,1-3H3,(H,17,20). The average molecular weight is 339 g/mol. The predicted molar refractivity (Wildman–Crippen MR) is 91.0 cm³/mol. The van der Waals surface area contributed by atoms with Crippen LogP contribution in [0.3, 0.4) is 0 Å². The Labute approximate surface area is 138 Å². The summed E-state index contributed by atoms with van der Waals surface area (Å²) in [7, 11) is -0.178. The van der Waals surface area contributed by atoms with E-state index in [9.17, 15) is 13.2 Å². The third kappa shape index (κ3) is 4.03. The van der Waals surface area contributed by atoms with Crippen LogP contribution in [0.4, 0.5) is 10.5 Å². The van der Waals surface area contributed by atoms with Gasteiger partial charge in [0.05, 0.1) is 4.90 Å². The van der Waals surface area contributed by atoms with E-state index in [-0.39, 0.29) is 17.0 Å². The van der Waals surface area contributed by atoms with Gasteiger partial charge in [0.15, 0.2) is 0 Å². The highest BCUT2D eigenvalue weighted by molar-refractivity contribution is 7.89. The molecular weight excluding hydrogens is 314 g/mol. The molecule has 1 aliphatic rings. The van der Waals surface area contributed by atoms with Crippen LogP contribution in [0.15, 0.2) is 29.2 Å². The van der Waals surface area contributed by atoms with Crippen LogP contribution in [0, 0.1) is 0 Å². The number of hydrogen-bond acceptors (Lipinski definition) is 3. The lowest BCUT2D eigenvalue weighted by molar-refractivity contribution is 0.230. The molecule has 1 heterocycles. The molecule has 1 aliphatic heterocycles. The van der Waals surface area contributed by atoms with Crippen molar-refractivity contribution in [1.29, 1.82) is 0 Å². The summed E-state index contributed by atoms with van der Waals surface area (Å²) < 4.78 is 27.3. The first-order valence-corrected chi connectivity index (χ1v) is 9.40. The van der Waals surface area contributed by atoms with Crippen LogP contribution in [0.25, 0.3) is 0 Å². The van der Waals surface area contributed by atoms with E-state index in [1.807, 2.05) is 6.92 Å². The van der Waals surface area contributed by atoms with Crippen LogP contribution < -0.4 is 5.32 Å². The zero-order chi connectivity index (χ0) is 17.0. The Morgan fingerprint density at radius 3 is 2.48 bits per heavy atom. The number of piperidine rings is 1. The zero-order valence-corrected chi connectivity index (χ0v) is 14.8. The van der Waals surface area contributed by atoms with Gasteiger partial charge >= 0.3 is 6.03 Å². The summed E-state index contributed by atoms with van der Waals surface area (Å²) in [4.78, 5) is 13.3. The number of carbonyl (C=O) groups is 1. The summed E-state index contributed by atoms with van der Waals surface area (Å²) in [6, 6.07) is 6.20.